The van der Waals surface area contributed by atoms with Crippen LogP contribution in [-0.4, -0.2) is 9.55 Å². The topological polar surface area (TPSA) is 31.0 Å². The normalized spacial score (nSPS) is 12.3. The van der Waals surface area contributed by atoms with E-state index in [2.05, 4.69) is 126 Å². The second-order valence-corrected chi connectivity index (χ2v) is 12.9. The van der Waals surface area contributed by atoms with Gasteiger partial charge in [-0.2, -0.15) is 0 Å². The molecule has 0 saturated heterocycles. The molecule has 6 aromatic carbocycles. The average molecular weight is 573 g/mol. The lowest BCUT2D eigenvalue weighted by atomic mass is 9.99. The van der Waals surface area contributed by atoms with E-state index in [0.717, 1.165) is 27.2 Å². The van der Waals surface area contributed by atoms with Crippen LogP contribution in [0.1, 0.15) is 0 Å². The second-order valence-electron chi connectivity index (χ2n) is 10.8. The number of thiophene rings is 1. The lowest BCUT2D eigenvalue weighted by Crippen LogP contribution is -1.92. The minimum atomic E-state index is 0.921. The molecule has 0 amide bonds. The Kier molecular flexibility index (Phi) is 4.48. The molecule has 0 atom stereocenters. The third kappa shape index (κ3) is 3.07. The van der Waals surface area contributed by atoms with Crippen LogP contribution in [0.3, 0.4) is 0 Å². The van der Waals surface area contributed by atoms with Crippen molar-refractivity contribution in [2.75, 3.05) is 0 Å². The highest BCUT2D eigenvalue weighted by Gasteiger charge is 2.18. The molecule has 196 valence electrons. The fourth-order valence-corrected chi connectivity index (χ4v) is 8.68. The summed E-state index contributed by atoms with van der Waals surface area (Å²) in [5.74, 6) is 0. The number of thiazole rings is 1. The van der Waals surface area contributed by atoms with Gasteiger partial charge in [-0.05, 0) is 71.8 Å². The highest BCUT2D eigenvalue weighted by molar-refractivity contribution is 7.26. The Morgan fingerprint density at radius 3 is 2.12 bits per heavy atom. The number of para-hydroxylation sites is 2. The number of rotatable bonds is 2. The number of hydrogen-bond donors (Lipinski definition) is 0. The lowest BCUT2D eigenvalue weighted by molar-refractivity contribution is 0.669. The first-order valence-electron chi connectivity index (χ1n) is 14.0. The summed E-state index contributed by atoms with van der Waals surface area (Å²) in [6.07, 6.45) is 0. The monoisotopic (exact) mass is 572 g/mol. The van der Waals surface area contributed by atoms with E-state index < -0.39 is 0 Å². The number of aromatic nitrogens is 2. The van der Waals surface area contributed by atoms with Gasteiger partial charge in [0.05, 0.1) is 21.3 Å². The quantitative estimate of drug-likeness (QED) is 0.206. The molecule has 0 aliphatic heterocycles. The number of benzene rings is 6. The van der Waals surface area contributed by atoms with Crippen molar-refractivity contribution in [1.82, 2.24) is 9.55 Å². The first kappa shape index (κ1) is 22.7. The molecule has 0 unspecified atom stereocenters. The Balaban J connectivity index is 1.22. The van der Waals surface area contributed by atoms with Crippen molar-refractivity contribution >= 4 is 96.8 Å². The summed E-state index contributed by atoms with van der Waals surface area (Å²) in [7, 11) is 0. The molecule has 0 spiro atoms. The summed E-state index contributed by atoms with van der Waals surface area (Å²) < 4.78 is 12.5. The molecule has 10 rings (SSSR count). The van der Waals surface area contributed by atoms with Crippen LogP contribution in [0.5, 0.6) is 0 Å². The van der Waals surface area contributed by atoms with Crippen LogP contribution in [0.4, 0.5) is 0 Å². The van der Waals surface area contributed by atoms with Crippen LogP contribution in [0.15, 0.2) is 126 Å². The summed E-state index contributed by atoms with van der Waals surface area (Å²) >= 11 is 3.58. The molecule has 3 nitrogen and oxygen atoms in total. The first-order chi connectivity index (χ1) is 20.8. The fourth-order valence-electron chi connectivity index (χ4n) is 6.58. The maximum absolute atomic E-state index is 6.37. The van der Waals surface area contributed by atoms with Gasteiger partial charge in [0, 0.05) is 41.7 Å². The molecule has 5 heteroatoms. The van der Waals surface area contributed by atoms with Crippen molar-refractivity contribution in [3.63, 3.8) is 0 Å². The van der Waals surface area contributed by atoms with Crippen molar-refractivity contribution in [2.24, 2.45) is 0 Å². The van der Waals surface area contributed by atoms with Crippen molar-refractivity contribution < 1.29 is 4.42 Å². The number of hydrogen-bond acceptors (Lipinski definition) is 4. The van der Waals surface area contributed by atoms with E-state index in [9.17, 15) is 0 Å². The Bertz CT molecular complexity index is 2670. The Morgan fingerprint density at radius 1 is 0.500 bits per heavy atom. The minimum Gasteiger partial charge on any atom is -0.456 e. The maximum Gasteiger partial charge on any atom is 0.195 e. The largest absolute Gasteiger partial charge is 0.456 e. The maximum atomic E-state index is 6.37. The van der Waals surface area contributed by atoms with Crippen LogP contribution in [0.2, 0.25) is 0 Å². The molecule has 10 aromatic rings. The van der Waals surface area contributed by atoms with Crippen molar-refractivity contribution in [3.8, 4) is 16.3 Å². The summed E-state index contributed by atoms with van der Waals surface area (Å²) in [5, 5.41) is 8.40. The summed E-state index contributed by atoms with van der Waals surface area (Å²) in [4.78, 5) is 5.01. The molecule has 42 heavy (non-hydrogen) atoms. The number of fused-ring (bicyclic) bond motifs is 11. The van der Waals surface area contributed by atoms with Crippen molar-refractivity contribution in [2.45, 2.75) is 0 Å². The van der Waals surface area contributed by atoms with E-state index >= 15 is 0 Å². The van der Waals surface area contributed by atoms with Crippen LogP contribution < -0.4 is 0 Å². The summed E-state index contributed by atoms with van der Waals surface area (Å²) in [5.41, 5.74) is 7.60. The van der Waals surface area contributed by atoms with E-state index in [0.29, 0.717) is 0 Å². The lowest BCUT2D eigenvalue weighted by Gasteiger charge is -2.05. The minimum absolute atomic E-state index is 0.921. The van der Waals surface area contributed by atoms with Gasteiger partial charge in [0.1, 0.15) is 11.2 Å². The fraction of sp³-hybridized carbons (Fsp3) is 0. The van der Waals surface area contributed by atoms with Gasteiger partial charge in [0.2, 0.25) is 0 Å². The summed E-state index contributed by atoms with van der Waals surface area (Å²) in [6, 6.07) is 43.4. The number of nitrogens with zero attached hydrogens (tertiary/aromatic N) is 2. The van der Waals surface area contributed by atoms with Gasteiger partial charge in [-0.1, -0.05) is 72.0 Å². The molecular weight excluding hydrogens is 553 g/mol. The average Bonchev–Trinajstić information content (AvgIpc) is 3.79. The SMILES string of the molecule is c1ccc2sc(-n3c4ccccc4c4cc(-c5ccc6oc7ccc8sc9ccccc9c8c7c6c5)ccc43)nc2c1. The van der Waals surface area contributed by atoms with E-state index in [1.54, 1.807) is 11.3 Å². The smallest absolute Gasteiger partial charge is 0.195 e. The van der Waals surface area contributed by atoms with E-state index in [-0.39, 0.29) is 0 Å². The first-order valence-corrected chi connectivity index (χ1v) is 15.6. The highest BCUT2D eigenvalue weighted by Crippen LogP contribution is 2.44. The van der Waals surface area contributed by atoms with Gasteiger partial charge >= 0.3 is 0 Å². The van der Waals surface area contributed by atoms with E-state index in [1.165, 1.54) is 63.2 Å². The molecule has 0 aliphatic carbocycles. The van der Waals surface area contributed by atoms with Crippen LogP contribution in [0, 0.1) is 0 Å². The zero-order chi connectivity index (χ0) is 27.4. The second kappa shape index (κ2) is 8.29. The molecule has 0 N–H and O–H groups in total. The van der Waals surface area contributed by atoms with Crippen LogP contribution in [0.25, 0.3) is 90.4 Å². The Labute approximate surface area is 247 Å². The van der Waals surface area contributed by atoms with Crippen molar-refractivity contribution in [3.05, 3.63) is 121 Å². The third-order valence-corrected chi connectivity index (χ3v) is 10.6. The molecule has 0 saturated carbocycles. The molecular formula is C37H20N2OS2. The van der Waals surface area contributed by atoms with E-state index in [1.807, 2.05) is 11.3 Å². The molecule has 0 radical (unpaired) electrons. The zero-order valence-electron chi connectivity index (χ0n) is 22.2. The van der Waals surface area contributed by atoms with Crippen molar-refractivity contribution in [1.29, 1.82) is 0 Å². The zero-order valence-corrected chi connectivity index (χ0v) is 23.8. The predicted octanol–water partition coefficient (Wildman–Crippen LogP) is 11.3. The Hall–Kier alpha value is -4.97. The number of furan rings is 1. The van der Waals surface area contributed by atoms with Gasteiger partial charge in [-0.15, -0.1) is 11.3 Å². The molecule has 0 bridgehead atoms. The van der Waals surface area contributed by atoms with Gasteiger partial charge in [0.25, 0.3) is 0 Å². The molecule has 0 fully saturated rings. The van der Waals surface area contributed by atoms with Gasteiger partial charge < -0.3 is 4.42 Å². The van der Waals surface area contributed by atoms with Crippen LogP contribution >= 0.6 is 22.7 Å². The third-order valence-electron chi connectivity index (χ3n) is 8.45. The van der Waals surface area contributed by atoms with Gasteiger partial charge in [-0.25, -0.2) is 4.98 Å². The predicted molar refractivity (Wildman–Crippen MR) is 180 cm³/mol. The van der Waals surface area contributed by atoms with Gasteiger partial charge in [0.15, 0.2) is 5.13 Å². The standard InChI is InChI=1S/C37H20N2OS2/c1-4-10-28-23(7-1)25-19-21(13-15-29(25)39(28)37-38-27-9-3-6-12-33(27)42-37)22-14-16-30-26(20-22)35-31(40-30)17-18-34-36(35)24-8-2-5-11-32(24)41-34/h1-20H. The summed E-state index contributed by atoms with van der Waals surface area (Å²) in [6.45, 7) is 0. The van der Waals surface area contributed by atoms with Gasteiger partial charge in [-0.3, -0.25) is 4.57 Å². The molecule has 4 heterocycles. The van der Waals surface area contributed by atoms with Crippen LogP contribution in [-0.2, 0) is 0 Å². The highest BCUT2D eigenvalue weighted by atomic mass is 32.1. The van der Waals surface area contributed by atoms with E-state index in [4.69, 9.17) is 9.40 Å². The Morgan fingerprint density at radius 2 is 1.21 bits per heavy atom. The molecule has 4 aromatic heterocycles. The molecule has 0 aliphatic rings.